The maximum Gasteiger partial charge on any atom is 0.101 e. The number of benzene rings is 1. The third kappa shape index (κ3) is 3.21. The number of rotatable bonds is 5. The first kappa shape index (κ1) is 12.4. The van der Waals surface area contributed by atoms with Gasteiger partial charge < -0.3 is 10.1 Å². The molecule has 3 nitrogen and oxygen atoms in total. The van der Waals surface area contributed by atoms with Gasteiger partial charge >= 0.3 is 0 Å². The van der Waals surface area contributed by atoms with E-state index in [2.05, 4.69) is 27.3 Å². The van der Waals surface area contributed by atoms with Crippen LogP contribution < -0.4 is 5.32 Å². The Morgan fingerprint density at radius 2 is 2.35 bits per heavy atom. The summed E-state index contributed by atoms with van der Waals surface area (Å²) in [7, 11) is 1.71. The summed E-state index contributed by atoms with van der Waals surface area (Å²) in [5.74, 6) is 0.685. The van der Waals surface area contributed by atoms with Crippen molar-refractivity contribution < 1.29 is 4.74 Å². The smallest absolute Gasteiger partial charge is 0.101 e. The summed E-state index contributed by atoms with van der Waals surface area (Å²) >= 11 is 3.37. The zero-order valence-electron chi connectivity index (χ0n) is 9.74. The number of ether oxygens (including phenoxy) is 1. The number of hydrogen-bond donors (Lipinski definition) is 1. The Morgan fingerprint density at radius 1 is 1.59 bits per heavy atom. The Balaban J connectivity index is 2.13. The largest absolute Gasteiger partial charge is 0.383 e. The molecule has 1 unspecified atom stereocenters. The van der Waals surface area contributed by atoms with E-state index in [0.717, 1.165) is 10.2 Å². The van der Waals surface area contributed by atoms with Crippen LogP contribution in [-0.4, -0.2) is 19.8 Å². The van der Waals surface area contributed by atoms with E-state index < -0.39 is 0 Å². The van der Waals surface area contributed by atoms with Crippen molar-refractivity contribution in [3.8, 4) is 6.07 Å². The highest BCUT2D eigenvalue weighted by molar-refractivity contribution is 9.10. The second-order valence-electron chi connectivity index (χ2n) is 4.35. The topological polar surface area (TPSA) is 45.0 Å². The fourth-order valence-corrected chi connectivity index (χ4v) is 2.27. The van der Waals surface area contributed by atoms with Crippen LogP contribution in [-0.2, 0) is 4.74 Å². The molecule has 0 radical (unpaired) electrons. The second kappa shape index (κ2) is 5.52. The molecule has 0 heterocycles. The molecule has 2 rings (SSSR count). The van der Waals surface area contributed by atoms with Gasteiger partial charge in [0.25, 0.3) is 0 Å². The average Bonchev–Trinajstić information content (AvgIpc) is 3.14. The monoisotopic (exact) mass is 294 g/mol. The number of halogens is 1. The Labute approximate surface area is 110 Å². The lowest BCUT2D eigenvalue weighted by molar-refractivity contribution is 0.179. The van der Waals surface area contributed by atoms with Crippen LogP contribution in [0.5, 0.6) is 0 Å². The Kier molecular flexibility index (Phi) is 4.03. The van der Waals surface area contributed by atoms with E-state index in [1.807, 2.05) is 18.2 Å². The van der Waals surface area contributed by atoms with E-state index in [4.69, 9.17) is 10.00 Å². The third-order valence-electron chi connectivity index (χ3n) is 2.98. The predicted octanol–water partition coefficient (Wildman–Crippen LogP) is 3.16. The van der Waals surface area contributed by atoms with Crippen molar-refractivity contribution in [2.24, 2.45) is 5.92 Å². The SMILES string of the molecule is COCC(Nc1ccc(Br)cc1C#N)C1CC1. The Morgan fingerprint density at radius 3 is 2.94 bits per heavy atom. The summed E-state index contributed by atoms with van der Waals surface area (Å²) < 4.78 is 6.15. The summed E-state index contributed by atoms with van der Waals surface area (Å²) in [5, 5.41) is 12.5. The van der Waals surface area contributed by atoms with Gasteiger partial charge in [-0.1, -0.05) is 15.9 Å². The molecule has 0 aliphatic heterocycles. The summed E-state index contributed by atoms with van der Waals surface area (Å²) in [6.45, 7) is 0.686. The fourth-order valence-electron chi connectivity index (χ4n) is 1.91. The van der Waals surface area contributed by atoms with Crippen LogP contribution in [0.25, 0.3) is 0 Å². The molecule has 1 fully saturated rings. The maximum atomic E-state index is 9.10. The minimum atomic E-state index is 0.313. The van der Waals surface area contributed by atoms with Gasteiger partial charge in [-0.15, -0.1) is 0 Å². The minimum Gasteiger partial charge on any atom is -0.383 e. The van der Waals surface area contributed by atoms with Gasteiger partial charge in [-0.3, -0.25) is 0 Å². The maximum absolute atomic E-state index is 9.10. The number of hydrogen-bond acceptors (Lipinski definition) is 3. The third-order valence-corrected chi connectivity index (χ3v) is 3.47. The van der Waals surface area contributed by atoms with Crippen molar-refractivity contribution in [2.45, 2.75) is 18.9 Å². The van der Waals surface area contributed by atoms with Crippen LogP contribution in [0.2, 0.25) is 0 Å². The van der Waals surface area contributed by atoms with Gasteiger partial charge in [0.1, 0.15) is 6.07 Å². The van der Waals surface area contributed by atoms with Gasteiger partial charge in [-0.25, -0.2) is 0 Å². The fraction of sp³-hybridized carbons (Fsp3) is 0.462. The van der Waals surface area contributed by atoms with Gasteiger partial charge in [0.2, 0.25) is 0 Å². The van der Waals surface area contributed by atoms with Crippen LogP contribution in [0.3, 0.4) is 0 Å². The zero-order chi connectivity index (χ0) is 12.3. The second-order valence-corrected chi connectivity index (χ2v) is 5.26. The standard InChI is InChI=1S/C13H15BrN2O/c1-17-8-13(9-2-3-9)16-12-5-4-11(14)6-10(12)7-15/h4-6,9,13,16H,2-3,8H2,1H3. The van der Waals surface area contributed by atoms with Crippen molar-refractivity contribution >= 4 is 21.6 Å². The highest BCUT2D eigenvalue weighted by Crippen LogP contribution is 2.35. The van der Waals surface area contributed by atoms with E-state index in [9.17, 15) is 0 Å². The Bertz CT molecular complexity index is 438. The normalized spacial score (nSPS) is 16.3. The summed E-state index contributed by atoms with van der Waals surface area (Å²) in [4.78, 5) is 0. The number of anilines is 1. The average molecular weight is 295 g/mol. The van der Waals surface area contributed by atoms with E-state index in [0.29, 0.717) is 24.1 Å². The number of nitriles is 1. The number of nitrogens with one attached hydrogen (secondary N) is 1. The lowest BCUT2D eigenvalue weighted by Crippen LogP contribution is -2.27. The molecule has 4 heteroatoms. The number of methoxy groups -OCH3 is 1. The first-order valence-electron chi connectivity index (χ1n) is 5.69. The van der Waals surface area contributed by atoms with Gasteiger partial charge in [-0.2, -0.15) is 5.26 Å². The van der Waals surface area contributed by atoms with Crippen molar-refractivity contribution in [1.82, 2.24) is 0 Å². The van der Waals surface area contributed by atoms with Crippen LogP contribution >= 0.6 is 15.9 Å². The lowest BCUT2D eigenvalue weighted by atomic mass is 10.1. The van der Waals surface area contributed by atoms with Crippen molar-refractivity contribution in [2.75, 3.05) is 19.0 Å². The molecule has 0 aromatic heterocycles. The molecule has 1 atom stereocenters. The quantitative estimate of drug-likeness (QED) is 0.907. The first-order chi connectivity index (χ1) is 8.24. The van der Waals surface area contributed by atoms with Crippen molar-refractivity contribution in [1.29, 1.82) is 5.26 Å². The molecule has 1 saturated carbocycles. The predicted molar refractivity (Wildman–Crippen MR) is 70.9 cm³/mol. The van der Waals surface area contributed by atoms with Crippen LogP contribution in [0.1, 0.15) is 18.4 Å². The Hall–Kier alpha value is -1.05. The molecule has 0 amide bonds. The summed E-state index contributed by atoms with van der Waals surface area (Å²) in [5.41, 5.74) is 1.56. The molecule has 1 aromatic carbocycles. The minimum absolute atomic E-state index is 0.313. The van der Waals surface area contributed by atoms with Crippen LogP contribution in [0.4, 0.5) is 5.69 Å². The summed E-state index contributed by atoms with van der Waals surface area (Å²) in [6, 6.07) is 8.24. The molecule has 1 N–H and O–H groups in total. The van der Waals surface area contributed by atoms with Gasteiger partial charge in [0.05, 0.1) is 23.9 Å². The number of nitrogens with zero attached hydrogens (tertiary/aromatic N) is 1. The van der Waals surface area contributed by atoms with E-state index in [1.54, 1.807) is 7.11 Å². The van der Waals surface area contributed by atoms with Gasteiger partial charge in [0.15, 0.2) is 0 Å². The molecule has 17 heavy (non-hydrogen) atoms. The van der Waals surface area contributed by atoms with Gasteiger partial charge in [0, 0.05) is 11.6 Å². The molecule has 0 bridgehead atoms. The zero-order valence-corrected chi connectivity index (χ0v) is 11.3. The molecule has 1 aliphatic rings. The molecule has 0 saturated heterocycles. The lowest BCUT2D eigenvalue weighted by Gasteiger charge is -2.19. The molecule has 0 spiro atoms. The van der Waals surface area contributed by atoms with Crippen molar-refractivity contribution in [3.63, 3.8) is 0 Å². The highest BCUT2D eigenvalue weighted by atomic mass is 79.9. The van der Waals surface area contributed by atoms with Crippen molar-refractivity contribution in [3.05, 3.63) is 28.2 Å². The first-order valence-corrected chi connectivity index (χ1v) is 6.49. The van der Waals surface area contributed by atoms with E-state index in [1.165, 1.54) is 12.8 Å². The van der Waals surface area contributed by atoms with E-state index >= 15 is 0 Å². The molecular weight excluding hydrogens is 280 g/mol. The van der Waals surface area contributed by atoms with Gasteiger partial charge in [-0.05, 0) is 37.0 Å². The molecule has 1 aromatic rings. The molecule has 90 valence electrons. The molecule has 1 aliphatic carbocycles. The van der Waals surface area contributed by atoms with Crippen LogP contribution in [0.15, 0.2) is 22.7 Å². The summed E-state index contributed by atoms with van der Waals surface area (Å²) in [6.07, 6.45) is 2.50. The molecular formula is C13H15BrN2O. The highest BCUT2D eigenvalue weighted by Gasteiger charge is 2.31. The van der Waals surface area contributed by atoms with E-state index in [-0.39, 0.29) is 0 Å². The van der Waals surface area contributed by atoms with Crippen LogP contribution in [0, 0.1) is 17.2 Å².